The molecule has 0 spiro atoms. The average Bonchev–Trinajstić information content (AvgIpc) is 2.98. The summed E-state index contributed by atoms with van der Waals surface area (Å²) in [6, 6.07) is 10.9. The molecule has 21 heavy (non-hydrogen) atoms. The van der Waals surface area contributed by atoms with E-state index in [4.69, 9.17) is 0 Å². The first kappa shape index (κ1) is 10.1. The van der Waals surface area contributed by atoms with Crippen LogP contribution in [0.5, 0.6) is 0 Å². The van der Waals surface area contributed by atoms with E-state index in [0.717, 1.165) is 12.8 Å². The first-order valence-electron chi connectivity index (χ1n) is 7.33. The summed E-state index contributed by atoms with van der Waals surface area (Å²) in [6.45, 7) is 0. The molecule has 3 heteroatoms. The minimum absolute atomic E-state index is 0.965. The zero-order valence-corrected chi connectivity index (χ0v) is 11.3. The quantitative estimate of drug-likeness (QED) is 0.429. The molecule has 1 aliphatic rings. The topological polar surface area (TPSA) is 30.2 Å². The predicted molar refractivity (Wildman–Crippen MR) is 84.1 cm³/mol. The Balaban J connectivity index is 2.17. The second-order valence-electron chi connectivity index (χ2n) is 5.84. The minimum Gasteiger partial charge on any atom is -0.304 e. The van der Waals surface area contributed by atoms with Crippen LogP contribution in [0.2, 0.25) is 0 Å². The molecule has 0 saturated heterocycles. The van der Waals surface area contributed by atoms with E-state index in [9.17, 15) is 0 Å². The average molecular weight is 269 g/mol. The lowest BCUT2D eigenvalue weighted by molar-refractivity contribution is 0.905. The van der Waals surface area contributed by atoms with E-state index < -0.39 is 0 Å². The second-order valence-corrected chi connectivity index (χ2v) is 5.84. The molecular formula is C18H11N3. The zero-order chi connectivity index (χ0) is 13.6. The molecule has 0 atom stereocenters. The van der Waals surface area contributed by atoms with Crippen molar-refractivity contribution in [1.29, 1.82) is 0 Å². The van der Waals surface area contributed by atoms with Gasteiger partial charge in [0.1, 0.15) is 0 Å². The Morgan fingerprint density at radius 1 is 0.667 bits per heavy atom. The van der Waals surface area contributed by atoms with Gasteiger partial charge in [-0.15, -0.1) is 0 Å². The van der Waals surface area contributed by atoms with Crippen molar-refractivity contribution in [1.82, 2.24) is 14.4 Å². The van der Waals surface area contributed by atoms with E-state index in [-0.39, 0.29) is 0 Å². The van der Waals surface area contributed by atoms with Gasteiger partial charge in [-0.05, 0) is 25.0 Å². The number of pyridine rings is 2. The molecule has 0 unspecified atom stereocenters. The number of hydrogen-bond acceptors (Lipinski definition) is 2. The van der Waals surface area contributed by atoms with Crippen LogP contribution in [0.15, 0.2) is 42.7 Å². The molecule has 0 saturated carbocycles. The summed E-state index contributed by atoms with van der Waals surface area (Å²) >= 11 is 0. The van der Waals surface area contributed by atoms with Gasteiger partial charge < -0.3 is 4.40 Å². The summed E-state index contributed by atoms with van der Waals surface area (Å²) in [5.74, 6) is 0. The molecule has 1 aromatic carbocycles. The van der Waals surface area contributed by atoms with Gasteiger partial charge in [0.25, 0.3) is 0 Å². The Hall–Kier alpha value is -2.68. The number of rotatable bonds is 0. The van der Waals surface area contributed by atoms with Gasteiger partial charge in [-0.3, -0.25) is 9.97 Å². The highest BCUT2D eigenvalue weighted by molar-refractivity contribution is 6.23. The molecule has 98 valence electrons. The van der Waals surface area contributed by atoms with Crippen molar-refractivity contribution in [3.05, 3.63) is 54.1 Å². The zero-order valence-electron chi connectivity index (χ0n) is 11.3. The van der Waals surface area contributed by atoms with Crippen LogP contribution in [0, 0.1) is 0 Å². The third-order valence-electron chi connectivity index (χ3n) is 4.89. The Kier molecular flexibility index (Phi) is 1.51. The van der Waals surface area contributed by atoms with E-state index >= 15 is 0 Å². The fourth-order valence-corrected chi connectivity index (χ4v) is 4.09. The van der Waals surface area contributed by atoms with Crippen molar-refractivity contribution in [3.63, 3.8) is 0 Å². The maximum atomic E-state index is 4.65. The molecule has 0 aliphatic carbocycles. The largest absolute Gasteiger partial charge is 0.304 e. The highest BCUT2D eigenvalue weighted by Crippen LogP contribution is 2.41. The van der Waals surface area contributed by atoms with Crippen molar-refractivity contribution >= 4 is 38.1 Å². The van der Waals surface area contributed by atoms with Crippen LogP contribution in [0.1, 0.15) is 11.4 Å². The van der Waals surface area contributed by atoms with Crippen LogP contribution in [-0.2, 0) is 12.8 Å². The van der Waals surface area contributed by atoms with E-state index in [1.807, 2.05) is 12.4 Å². The summed E-state index contributed by atoms with van der Waals surface area (Å²) in [6.07, 6.45) is 5.82. The molecule has 4 aromatic heterocycles. The monoisotopic (exact) mass is 269 g/mol. The van der Waals surface area contributed by atoms with Gasteiger partial charge in [0.2, 0.25) is 0 Å². The molecule has 5 aromatic rings. The maximum Gasteiger partial charge on any atom is 0.0758 e. The Morgan fingerprint density at radius 2 is 1.19 bits per heavy atom. The standard InChI is InChI=1S/C18H11N3/c1-2-10-12-6-8-19-14-4-5-15-18-13(7-9-20-15)11(3-1)16(10)21(18)17(12)14/h1-3,6-9H,4-5H2. The summed E-state index contributed by atoms with van der Waals surface area (Å²) in [5.41, 5.74) is 6.28. The summed E-state index contributed by atoms with van der Waals surface area (Å²) in [7, 11) is 0. The number of nitrogens with zero attached hydrogens (tertiary/aromatic N) is 3. The molecule has 5 heterocycles. The van der Waals surface area contributed by atoms with Gasteiger partial charge in [-0.25, -0.2) is 0 Å². The van der Waals surface area contributed by atoms with Crippen molar-refractivity contribution < 1.29 is 0 Å². The van der Waals surface area contributed by atoms with Gasteiger partial charge >= 0.3 is 0 Å². The first-order chi connectivity index (χ1) is 10.4. The Morgan fingerprint density at radius 3 is 1.76 bits per heavy atom. The molecule has 0 amide bonds. The number of benzene rings is 1. The van der Waals surface area contributed by atoms with Crippen LogP contribution in [0.25, 0.3) is 38.1 Å². The van der Waals surface area contributed by atoms with E-state index in [0.29, 0.717) is 0 Å². The fraction of sp³-hybridized carbons (Fsp3) is 0.111. The molecular weight excluding hydrogens is 258 g/mol. The molecule has 3 nitrogen and oxygen atoms in total. The van der Waals surface area contributed by atoms with Gasteiger partial charge in [0.05, 0.1) is 27.9 Å². The second kappa shape index (κ2) is 3.14. The molecule has 0 N–H and O–H groups in total. The third kappa shape index (κ3) is 0.983. The smallest absolute Gasteiger partial charge is 0.0758 e. The van der Waals surface area contributed by atoms with Crippen molar-refractivity contribution in [2.24, 2.45) is 0 Å². The number of para-hydroxylation sites is 1. The van der Waals surface area contributed by atoms with Gasteiger partial charge in [0.15, 0.2) is 0 Å². The molecule has 0 fully saturated rings. The molecule has 0 radical (unpaired) electrons. The molecule has 0 bridgehead atoms. The number of aryl methyl sites for hydroxylation is 2. The summed E-state index contributed by atoms with van der Waals surface area (Å²) in [5, 5.41) is 5.30. The fourth-order valence-electron chi connectivity index (χ4n) is 4.09. The van der Waals surface area contributed by atoms with Crippen LogP contribution >= 0.6 is 0 Å². The van der Waals surface area contributed by atoms with Gasteiger partial charge in [-0.2, -0.15) is 0 Å². The van der Waals surface area contributed by atoms with Crippen molar-refractivity contribution in [2.45, 2.75) is 12.8 Å². The van der Waals surface area contributed by atoms with E-state index in [1.165, 1.54) is 49.5 Å². The highest BCUT2D eigenvalue weighted by atomic mass is 15.0. The summed E-state index contributed by atoms with van der Waals surface area (Å²) in [4.78, 5) is 9.29. The number of aromatic nitrogens is 3. The lowest BCUT2D eigenvalue weighted by Crippen LogP contribution is -1.94. The van der Waals surface area contributed by atoms with Gasteiger partial charge in [0, 0.05) is 33.9 Å². The SMILES string of the molecule is c1cc2c3ccnc4c3n3c5c(nccc5c(c1)c23)CC4. The minimum atomic E-state index is 0.965. The van der Waals surface area contributed by atoms with Gasteiger partial charge in [-0.1, -0.05) is 18.2 Å². The Labute approximate surface area is 120 Å². The predicted octanol–water partition coefficient (Wildman–Crippen LogP) is 3.73. The normalized spacial score (nSPS) is 14.3. The van der Waals surface area contributed by atoms with Crippen LogP contribution in [0.4, 0.5) is 0 Å². The highest BCUT2D eigenvalue weighted by Gasteiger charge is 2.23. The van der Waals surface area contributed by atoms with E-state index in [1.54, 1.807) is 0 Å². The molecule has 6 rings (SSSR count). The van der Waals surface area contributed by atoms with Crippen molar-refractivity contribution in [2.75, 3.05) is 0 Å². The third-order valence-corrected chi connectivity index (χ3v) is 4.89. The Bertz CT molecular complexity index is 1100. The maximum absolute atomic E-state index is 4.65. The lowest BCUT2D eigenvalue weighted by Gasteiger charge is -1.99. The lowest BCUT2D eigenvalue weighted by atomic mass is 10.1. The number of fused-ring (bicyclic) bond motifs is 2. The molecule has 1 aliphatic heterocycles. The van der Waals surface area contributed by atoms with Crippen LogP contribution in [-0.4, -0.2) is 14.4 Å². The van der Waals surface area contributed by atoms with Crippen molar-refractivity contribution in [3.8, 4) is 0 Å². The van der Waals surface area contributed by atoms with E-state index in [2.05, 4.69) is 44.7 Å². The summed E-state index contributed by atoms with van der Waals surface area (Å²) < 4.78 is 2.41. The first-order valence-corrected chi connectivity index (χ1v) is 7.33. The van der Waals surface area contributed by atoms with Crippen LogP contribution in [0.3, 0.4) is 0 Å². The number of hydrogen-bond donors (Lipinski definition) is 0. The van der Waals surface area contributed by atoms with Crippen LogP contribution < -0.4 is 0 Å².